The van der Waals surface area contributed by atoms with Gasteiger partial charge in [0.2, 0.25) is 0 Å². The summed E-state index contributed by atoms with van der Waals surface area (Å²) >= 11 is 5.12. The van der Waals surface area contributed by atoms with Crippen molar-refractivity contribution >= 4 is 27.3 Å². The molecular weight excluding hydrogens is 276 g/mol. The van der Waals surface area contributed by atoms with Crippen molar-refractivity contribution in [2.24, 2.45) is 5.73 Å². The minimum absolute atomic E-state index is 0.183. The molecular formula is C10H17BrN2OS. The molecule has 86 valence electrons. The van der Waals surface area contributed by atoms with Crippen LogP contribution in [0.4, 0.5) is 0 Å². The number of nitrogens with two attached hydrogens (primary N) is 1. The van der Waals surface area contributed by atoms with E-state index in [-0.39, 0.29) is 18.7 Å². The molecule has 4 N–H and O–H groups in total. The van der Waals surface area contributed by atoms with Gasteiger partial charge in [0, 0.05) is 33.9 Å². The number of nitrogens with one attached hydrogen (secondary N) is 1. The van der Waals surface area contributed by atoms with Crippen molar-refractivity contribution in [3.05, 3.63) is 20.8 Å². The number of hydrogen-bond donors (Lipinski definition) is 3. The van der Waals surface area contributed by atoms with E-state index in [1.54, 1.807) is 11.3 Å². The predicted molar refractivity (Wildman–Crippen MR) is 68.1 cm³/mol. The summed E-state index contributed by atoms with van der Waals surface area (Å²) in [6.45, 7) is 2.84. The Morgan fingerprint density at radius 3 is 2.87 bits per heavy atom. The van der Waals surface area contributed by atoms with Crippen molar-refractivity contribution in [2.75, 3.05) is 13.2 Å². The highest BCUT2D eigenvalue weighted by Gasteiger charge is 2.14. The van der Waals surface area contributed by atoms with E-state index in [4.69, 9.17) is 10.8 Å². The molecule has 2 unspecified atom stereocenters. The zero-order valence-electron chi connectivity index (χ0n) is 8.74. The fraction of sp³-hybridized carbons (Fsp3) is 0.600. The van der Waals surface area contributed by atoms with Gasteiger partial charge in [-0.2, -0.15) is 0 Å². The lowest BCUT2D eigenvalue weighted by molar-refractivity contribution is 0.264. The van der Waals surface area contributed by atoms with E-state index in [2.05, 4.69) is 39.6 Å². The van der Waals surface area contributed by atoms with Crippen molar-refractivity contribution in [2.45, 2.75) is 25.4 Å². The zero-order valence-corrected chi connectivity index (χ0v) is 11.1. The lowest BCUT2D eigenvalue weighted by Gasteiger charge is -2.20. The maximum Gasteiger partial charge on any atom is 0.0541 e. The van der Waals surface area contributed by atoms with Crippen LogP contribution in [0, 0.1) is 0 Å². The van der Waals surface area contributed by atoms with Gasteiger partial charge in [-0.05, 0) is 35.3 Å². The van der Waals surface area contributed by atoms with Gasteiger partial charge in [0.25, 0.3) is 0 Å². The van der Waals surface area contributed by atoms with Crippen molar-refractivity contribution in [3.63, 3.8) is 0 Å². The average molecular weight is 293 g/mol. The molecule has 2 atom stereocenters. The summed E-state index contributed by atoms with van der Waals surface area (Å²) in [5, 5.41) is 14.3. The number of thiophene rings is 1. The second-order valence-electron chi connectivity index (χ2n) is 3.54. The predicted octanol–water partition coefficient (Wildman–Crippen LogP) is 1.87. The third-order valence-electron chi connectivity index (χ3n) is 2.21. The lowest BCUT2D eigenvalue weighted by atomic mass is 10.2. The molecule has 0 spiro atoms. The Labute approximate surface area is 103 Å². The highest BCUT2D eigenvalue weighted by molar-refractivity contribution is 9.10. The van der Waals surface area contributed by atoms with Crippen LogP contribution in [0.15, 0.2) is 15.9 Å². The number of aliphatic hydroxyl groups excluding tert-OH is 1. The van der Waals surface area contributed by atoms with Gasteiger partial charge in [0.15, 0.2) is 0 Å². The van der Waals surface area contributed by atoms with Crippen LogP contribution in [0.25, 0.3) is 0 Å². The molecule has 0 radical (unpaired) electrons. The topological polar surface area (TPSA) is 58.3 Å². The zero-order chi connectivity index (χ0) is 11.3. The number of hydrogen-bond acceptors (Lipinski definition) is 4. The Morgan fingerprint density at radius 1 is 1.67 bits per heavy atom. The van der Waals surface area contributed by atoms with Gasteiger partial charge in [0.1, 0.15) is 0 Å². The first kappa shape index (κ1) is 13.1. The number of halogens is 1. The van der Waals surface area contributed by atoms with Crippen molar-refractivity contribution in [3.8, 4) is 0 Å². The molecule has 0 amide bonds. The molecule has 0 saturated heterocycles. The maximum absolute atomic E-state index is 8.82. The van der Waals surface area contributed by atoms with Gasteiger partial charge in [-0.25, -0.2) is 0 Å². The lowest BCUT2D eigenvalue weighted by Crippen LogP contribution is -2.35. The number of aliphatic hydroxyl groups is 1. The van der Waals surface area contributed by atoms with Crippen LogP contribution < -0.4 is 11.1 Å². The van der Waals surface area contributed by atoms with Gasteiger partial charge < -0.3 is 16.2 Å². The number of rotatable bonds is 6. The second-order valence-corrected chi connectivity index (χ2v) is 5.39. The van der Waals surface area contributed by atoms with Crippen LogP contribution in [0.3, 0.4) is 0 Å². The monoisotopic (exact) mass is 292 g/mol. The van der Waals surface area contributed by atoms with Crippen LogP contribution in [0.2, 0.25) is 0 Å². The van der Waals surface area contributed by atoms with Crippen molar-refractivity contribution in [1.29, 1.82) is 0 Å². The second kappa shape index (κ2) is 6.60. The first-order valence-corrected chi connectivity index (χ1v) is 6.65. The van der Waals surface area contributed by atoms with E-state index >= 15 is 0 Å². The van der Waals surface area contributed by atoms with E-state index in [9.17, 15) is 0 Å². The van der Waals surface area contributed by atoms with Crippen LogP contribution in [0.5, 0.6) is 0 Å². The summed E-state index contributed by atoms with van der Waals surface area (Å²) in [5.41, 5.74) is 5.72. The Hall–Kier alpha value is 0.0600. The molecule has 0 aliphatic heterocycles. The molecule has 1 rings (SSSR count). The van der Waals surface area contributed by atoms with Gasteiger partial charge in [0.05, 0.1) is 6.04 Å². The van der Waals surface area contributed by atoms with Gasteiger partial charge in [-0.15, -0.1) is 11.3 Å². The summed E-state index contributed by atoms with van der Waals surface area (Å²) in [6.07, 6.45) is 0.753. The molecule has 5 heteroatoms. The summed E-state index contributed by atoms with van der Waals surface area (Å²) in [4.78, 5) is 1.23. The summed E-state index contributed by atoms with van der Waals surface area (Å²) in [7, 11) is 0. The summed E-state index contributed by atoms with van der Waals surface area (Å²) in [5.74, 6) is 0. The molecule has 0 fully saturated rings. The Bertz CT molecular complexity index is 293. The van der Waals surface area contributed by atoms with Crippen LogP contribution in [-0.2, 0) is 0 Å². The van der Waals surface area contributed by atoms with Gasteiger partial charge in [-0.1, -0.05) is 0 Å². The Balaban J connectivity index is 2.56. The average Bonchev–Trinajstić information content (AvgIpc) is 2.61. The van der Waals surface area contributed by atoms with Gasteiger partial charge >= 0.3 is 0 Å². The van der Waals surface area contributed by atoms with E-state index < -0.39 is 0 Å². The molecule has 1 aromatic rings. The van der Waals surface area contributed by atoms with Gasteiger partial charge in [-0.3, -0.25) is 0 Å². The van der Waals surface area contributed by atoms with Crippen LogP contribution in [0.1, 0.15) is 24.3 Å². The first-order valence-electron chi connectivity index (χ1n) is 4.98. The highest BCUT2D eigenvalue weighted by atomic mass is 79.9. The summed E-state index contributed by atoms with van der Waals surface area (Å²) < 4.78 is 1.09. The largest absolute Gasteiger partial charge is 0.396 e. The molecule has 0 aromatic carbocycles. The quantitative estimate of drug-likeness (QED) is 0.750. The molecule has 3 nitrogen and oxygen atoms in total. The highest BCUT2D eigenvalue weighted by Crippen LogP contribution is 2.25. The fourth-order valence-electron chi connectivity index (χ4n) is 1.40. The molecule has 0 saturated carbocycles. The van der Waals surface area contributed by atoms with E-state index in [0.29, 0.717) is 6.54 Å². The third-order valence-corrected chi connectivity index (χ3v) is 4.02. The summed E-state index contributed by atoms with van der Waals surface area (Å²) in [6, 6.07) is 2.55. The smallest absolute Gasteiger partial charge is 0.0541 e. The fourth-order valence-corrected chi connectivity index (χ4v) is 2.92. The minimum Gasteiger partial charge on any atom is -0.396 e. The first-order chi connectivity index (χ1) is 7.17. The normalized spacial score (nSPS) is 15.2. The third kappa shape index (κ3) is 4.20. The van der Waals surface area contributed by atoms with E-state index in [1.165, 1.54) is 4.88 Å². The molecule has 15 heavy (non-hydrogen) atoms. The minimum atomic E-state index is 0.183. The SMILES string of the molecule is CC(CCO)NC(CN)c1cc(Br)cs1. The van der Waals surface area contributed by atoms with Crippen LogP contribution in [-0.4, -0.2) is 24.3 Å². The van der Waals surface area contributed by atoms with Crippen molar-refractivity contribution in [1.82, 2.24) is 5.32 Å². The Kier molecular flexibility index (Phi) is 5.78. The van der Waals surface area contributed by atoms with E-state index in [0.717, 1.165) is 10.9 Å². The standard InChI is InChI=1S/C10H17BrN2OS/c1-7(2-3-14)13-9(5-12)10-4-8(11)6-15-10/h4,6-7,9,13-14H,2-3,5,12H2,1H3. The molecule has 0 bridgehead atoms. The van der Waals surface area contributed by atoms with E-state index in [1.807, 2.05) is 0 Å². The molecule has 0 aliphatic carbocycles. The van der Waals surface area contributed by atoms with Crippen molar-refractivity contribution < 1.29 is 5.11 Å². The molecule has 0 aliphatic rings. The maximum atomic E-state index is 8.82. The molecule has 1 heterocycles. The Morgan fingerprint density at radius 2 is 2.40 bits per heavy atom. The molecule has 1 aromatic heterocycles. The van der Waals surface area contributed by atoms with Crippen LogP contribution >= 0.6 is 27.3 Å².